The second-order valence-electron chi connectivity index (χ2n) is 8.21. The van der Waals surface area contributed by atoms with Gasteiger partial charge in [0.2, 0.25) is 0 Å². The standard InChI is InChI=1S/C23H28Cl2N4O2/c1-14(2)26-22(30)17-13-16(7-8-20(17)29-11-9-15(3)10-12-29)27-23(31)28-21-18(24)5-4-6-19(21)25/h4-8,13-15H,9-12H2,1-3H3,(H,26,30)(H2,27,28,31). The monoisotopic (exact) mass is 462 g/mol. The highest BCUT2D eigenvalue weighted by atomic mass is 35.5. The van der Waals surface area contributed by atoms with Crippen molar-refractivity contribution in [3.05, 3.63) is 52.0 Å². The van der Waals surface area contributed by atoms with Crippen molar-refractivity contribution < 1.29 is 9.59 Å². The highest BCUT2D eigenvalue weighted by Gasteiger charge is 2.22. The first-order valence-corrected chi connectivity index (χ1v) is 11.2. The molecule has 1 aliphatic heterocycles. The lowest BCUT2D eigenvalue weighted by molar-refractivity contribution is 0.0943. The third kappa shape index (κ3) is 6.05. The van der Waals surface area contributed by atoms with Crippen molar-refractivity contribution >= 4 is 52.2 Å². The van der Waals surface area contributed by atoms with Crippen molar-refractivity contribution in [1.29, 1.82) is 0 Å². The molecule has 6 nitrogen and oxygen atoms in total. The summed E-state index contributed by atoms with van der Waals surface area (Å²) in [6.45, 7) is 7.90. The van der Waals surface area contributed by atoms with Gasteiger partial charge in [0.05, 0.1) is 21.3 Å². The molecule has 1 saturated heterocycles. The van der Waals surface area contributed by atoms with Crippen molar-refractivity contribution in [2.45, 2.75) is 39.7 Å². The molecule has 1 heterocycles. The number of halogens is 2. The van der Waals surface area contributed by atoms with Gasteiger partial charge in [-0.1, -0.05) is 36.2 Å². The number of amides is 3. The summed E-state index contributed by atoms with van der Waals surface area (Å²) in [7, 11) is 0. The summed E-state index contributed by atoms with van der Waals surface area (Å²) in [5.74, 6) is 0.521. The number of hydrogen-bond acceptors (Lipinski definition) is 3. The van der Waals surface area contributed by atoms with Gasteiger partial charge in [-0.05, 0) is 62.9 Å². The molecule has 3 amide bonds. The van der Waals surface area contributed by atoms with E-state index in [-0.39, 0.29) is 11.9 Å². The molecule has 166 valence electrons. The van der Waals surface area contributed by atoms with E-state index >= 15 is 0 Å². The molecule has 8 heteroatoms. The third-order valence-corrected chi connectivity index (χ3v) is 5.87. The zero-order valence-electron chi connectivity index (χ0n) is 18.0. The topological polar surface area (TPSA) is 73.5 Å². The van der Waals surface area contributed by atoms with Crippen molar-refractivity contribution in [3.8, 4) is 0 Å². The third-order valence-electron chi connectivity index (χ3n) is 5.24. The molecule has 2 aromatic carbocycles. The van der Waals surface area contributed by atoms with E-state index in [4.69, 9.17) is 23.2 Å². The van der Waals surface area contributed by atoms with Crippen LogP contribution in [0.5, 0.6) is 0 Å². The Bertz CT molecular complexity index is 936. The van der Waals surface area contributed by atoms with E-state index in [1.807, 2.05) is 19.9 Å². The maximum Gasteiger partial charge on any atom is 0.323 e. The number of carbonyl (C=O) groups is 2. The van der Waals surface area contributed by atoms with Gasteiger partial charge in [-0.15, -0.1) is 0 Å². The molecule has 1 aliphatic rings. The molecule has 0 spiro atoms. The number of rotatable bonds is 5. The summed E-state index contributed by atoms with van der Waals surface area (Å²) in [6, 6.07) is 9.90. The van der Waals surface area contributed by atoms with Gasteiger partial charge in [0.1, 0.15) is 0 Å². The number of nitrogens with one attached hydrogen (secondary N) is 3. The maximum atomic E-state index is 12.9. The van der Waals surface area contributed by atoms with E-state index in [0.717, 1.165) is 31.6 Å². The minimum absolute atomic E-state index is 0.00371. The Labute approximate surface area is 193 Å². The van der Waals surface area contributed by atoms with E-state index in [0.29, 0.717) is 32.9 Å². The molecule has 0 aromatic heterocycles. The minimum Gasteiger partial charge on any atom is -0.371 e. The second-order valence-corrected chi connectivity index (χ2v) is 9.02. The SMILES string of the molecule is CC1CCN(c2ccc(NC(=O)Nc3c(Cl)cccc3Cl)cc2C(=O)NC(C)C)CC1. The Kier molecular flexibility index (Phi) is 7.68. The number of benzene rings is 2. The van der Waals surface area contributed by atoms with Crippen molar-refractivity contribution in [3.63, 3.8) is 0 Å². The van der Waals surface area contributed by atoms with E-state index in [1.54, 1.807) is 30.3 Å². The first-order valence-electron chi connectivity index (χ1n) is 10.5. The number of para-hydroxylation sites is 1. The molecule has 2 aromatic rings. The predicted molar refractivity (Wildman–Crippen MR) is 129 cm³/mol. The van der Waals surface area contributed by atoms with Crippen LogP contribution in [0.25, 0.3) is 0 Å². The fraction of sp³-hybridized carbons (Fsp3) is 0.391. The minimum atomic E-state index is -0.496. The Morgan fingerprint density at radius 2 is 1.68 bits per heavy atom. The molecule has 3 rings (SSSR count). The summed E-state index contributed by atoms with van der Waals surface area (Å²) < 4.78 is 0. The molecule has 0 bridgehead atoms. The summed E-state index contributed by atoms with van der Waals surface area (Å²) >= 11 is 12.2. The number of urea groups is 1. The van der Waals surface area contributed by atoms with Gasteiger partial charge in [-0.3, -0.25) is 4.79 Å². The Hall–Kier alpha value is -2.44. The number of hydrogen-bond donors (Lipinski definition) is 3. The molecule has 31 heavy (non-hydrogen) atoms. The quantitative estimate of drug-likeness (QED) is 0.508. The van der Waals surface area contributed by atoms with Gasteiger partial charge in [0.25, 0.3) is 5.91 Å². The molecular formula is C23H28Cl2N4O2. The number of nitrogens with zero attached hydrogens (tertiary/aromatic N) is 1. The Morgan fingerprint density at radius 1 is 1.03 bits per heavy atom. The summed E-state index contributed by atoms with van der Waals surface area (Å²) in [5.41, 5.74) is 2.26. The van der Waals surface area contributed by atoms with Crippen LogP contribution >= 0.6 is 23.2 Å². The van der Waals surface area contributed by atoms with Crippen LogP contribution < -0.4 is 20.9 Å². The highest BCUT2D eigenvalue weighted by molar-refractivity contribution is 6.39. The van der Waals surface area contributed by atoms with Crippen LogP contribution in [-0.2, 0) is 0 Å². The molecule has 0 radical (unpaired) electrons. The van der Waals surface area contributed by atoms with Crippen LogP contribution in [0.1, 0.15) is 44.0 Å². The fourth-order valence-corrected chi connectivity index (χ4v) is 4.05. The van der Waals surface area contributed by atoms with Crippen LogP contribution in [0.4, 0.5) is 21.9 Å². The average Bonchev–Trinajstić information content (AvgIpc) is 2.71. The number of anilines is 3. The van der Waals surface area contributed by atoms with Crippen molar-refractivity contribution in [2.24, 2.45) is 5.92 Å². The lowest BCUT2D eigenvalue weighted by Gasteiger charge is -2.33. The van der Waals surface area contributed by atoms with Crippen molar-refractivity contribution in [2.75, 3.05) is 28.6 Å². The van der Waals surface area contributed by atoms with Crippen LogP contribution in [0, 0.1) is 5.92 Å². The molecule has 0 aliphatic carbocycles. The largest absolute Gasteiger partial charge is 0.371 e. The number of carbonyl (C=O) groups excluding carboxylic acids is 2. The van der Waals surface area contributed by atoms with Gasteiger partial charge in [0.15, 0.2) is 0 Å². The molecule has 0 saturated carbocycles. The molecular weight excluding hydrogens is 435 g/mol. The lowest BCUT2D eigenvalue weighted by Crippen LogP contribution is -2.36. The van der Waals surface area contributed by atoms with E-state index in [9.17, 15) is 9.59 Å². The van der Waals surface area contributed by atoms with E-state index in [1.165, 1.54) is 0 Å². The normalized spacial score (nSPS) is 14.5. The Morgan fingerprint density at radius 3 is 2.29 bits per heavy atom. The van der Waals surface area contributed by atoms with Gasteiger partial charge in [-0.25, -0.2) is 4.79 Å². The van der Waals surface area contributed by atoms with Gasteiger partial charge >= 0.3 is 6.03 Å². The zero-order valence-corrected chi connectivity index (χ0v) is 19.5. The lowest BCUT2D eigenvalue weighted by atomic mass is 9.97. The molecule has 0 unspecified atom stereocenters. The zero-order chi connectivity index (χ0) is 22.5. The molecule has 3 N–H and O–H groups in total. The number of piperidine rings is 1. The molecule has 0 atom stereocenters. The summed E-state index contributed by atoms with van der Waals surface area (Å²) in [6.07, 6.45) is 2.18. The second kappa shape index (κ2) is 10.2. The van der Waals surface area contributed by atoms with Crippen LogP contribution in [-0.4, -0.2) is 31.1 Å². The van der Waals surface area contributed by atoms with Gasteiger partial charge in [-0.2, -0.15) is 0 Å². The first kappa shape index (κ1) is 23.2. The van der Waals surface area contributed by atoms with Crippen LogP contribution in [0.15, 0.2) is 36.4 Å². The molecule has 1 fully saturated rings. The van der Waals surface area contributed by atoms with Gasteiger partial charge < -0.3 is 20.9 Å². The Balaban J connectivity index is 1.82. The van der Waals surface area contributed by atoms with E-state index in [2.05, 4.69) is 27.8 Å². The highest BCUT2D eigenvalue weighted by Crippen LogP contribution is 2.31. The summed E-state index contributed by atoms with van der Waals surface area (Å²) in [5, 5.41) is 9.07. The smallest absolute Gasteiger partial charge is 0.323 e. The fourth-order valence-electron chi connectivity index (χ4n) is 3.55. The average molecular weight is 463 g/mol. The maximum absolute atomic E-state index is 12.9. The van der Waals surface area contributed by atoms with Crippen LogP contribution in [0.2, 0.25) is 10.0 Å². The van der Waals surface area contributed by atoms with Crippen LogP contribution in [0.3, 0.4) is 0 Å². The van der Waals surface area contributed by atoms with E-state index < -0.39 is 6.03 Å². The van der Waals surface area contributed by atoms with Gasteiger partial charge in [0, 0.05) is 30.5 Å². The summed E-state index contributed by atoms with van der Waals surface area (Å²) in [4.78, 5) is 27.7. The van der Waals surface area contributed by atoms with Crippen molar-refractivity contribution in [1.82, 2.24) is 5.32 Å². The first-order chi connectivity index (χ1) is 14.7. The predicted octanol–water partition coefficient (Wildman–Crippen LogP) is 6.01.